The summed E-state index contributed by atoms with van der Waals surface area (Å²) in [5.74, 6) is -0.479. The van der Waals surface area contributed by atoms with Gasteiger partial charge in [0, 0.05) is 24.0 Å². The van der Waals surface area contributed by atoms with Crippen LogP contribution in [-0.4, -0.2) is 27.4 Å². The maximum Gasteiger partial charge on any atom is 0.240 e. The molecule has 1 amide bonds. The Morgan fingerprint density at radius 2 is 1.88 bits per heavy atom. The fraction of sp³-hybridized carbons (Fsp3) is 0.278. The molecule has 26 heavy (non-hydrogen) atoms. The molecule has 0 heterocycles. The predicted molar refractivity (Wildman–Crippen MR) is 96.9 cm³/mol. The van der Waals surface area contributed by atoms with Gasteiger partial charge in [0.05, 0.1) is 4.90 Å². The van der Waals surface area contributed by atoms with Crippen LogP contribution in [0.3, 0.4) is 0 Å². The highest BCUT2D eigenvalue weighted by Gasteiger charge is 2.43. The fourth-order valence-corrected chi connectivity index (χ4v) is 4.12. The summed E-state index contributed by atoms with van der Waals surface area (Å²) in [5.41, 5.74) is 0.938. The molecule has 0 aromatic heterocycles. The van der Waals surface area contributed by atoms with Crippen molar-refractivity contribution in [2.24, 2.45) is 5.92 Å². The molecule has 0 aliphatic heterocycles. The second-order valence-corrected chi connectivity index (χ2v) is 8.35. The molecule has 2 aromatic carbocycles. The van der Waals surface area contributed by atoms with Gasteiger partial charge in [-0.05, 0) is 48.2 Å². The summed E-state index contributed by atoms with van der Waals surface area (Å²) in [4.78, 5) is 12.2. The number of benzene rings is 2. The van der Waals surface area contributed by atoms with Gasteiger partial charge in [-0.2, -0.15) is 0 Å². The molecule has 1 saturated carbocycles. The normalized spacial score (nSPS) is 19.2. The molecule has 0 radical (unpaired) electrons. The first-order valence-electron chi connectivity index (χ1n) is 8.15. The molecule has 8 heteroatoms. The molecule has 0 spiro atoms. The Kier molecular flexibility index (Phi) is 5.60. The molecule has 1 aliphatic rings. The van der Waals surface area contributed by atoms with Crippen molar-refractivity contribution in [3.63, 3.8) is 0 Å². The van der Waals surface area contributed by atoms with Crippen molar-refractivity contribution >= 4 is 27.5 Å². The highest BCUT2D eigenvalue weighted by atomic mass is 35.5. The number of carbonyl (C=O) groups is 1. The minimum Gasteiger partial charge on any atom is -0.355 e. The lowest BCUT2D eigenvalue weighted by Crippen LogP contribution is -2.35. The Bertz CT molecular complexity index is 903. The lowest BCUT2D eigenvalue weighted by atomic mass is 10.1. The van der Waals surface area contributed by atoms with E-state index in [1.165, 1.54) is 24.3 Å². The van der Waals surface area contributed by atoms with Gasteiger partial charge in [0.2, 0.25) is 15.9 Å². The van der Waals surface area contributed by atoms with Gasteiger partial charge in [0.15, 0.2) is 0 Å². The van der Waals surface area contributed by atoms with E-state index in [-0.39, 0.29) is 41.5 Å². The Morgan fingerprint density at radius 3 is 2.58 bits per heavy atom. The van der Waals surface area contributed by atoms with E-state index in [0.29, 0.717) is 11.4 Å². The first-order valence-corrected chi connectivity index (χ1v) is 10.0. The average molecular weight is 397 g/mol. The summed E-state index contributed by atoms with van der Waals surface area (Å²) in [7, 11) is -3.66. The van der Waals surface area contributed by atoms with Gasteiger partial charge in [0.1, 0.15) is 5.82 Å². The SMILES string of the molecule is O=C(NCCNS(=O)(=O)c1cccc(Cl)c1)C1CC1c1ccc(F)cc1. The quantitative estimate of drug-likeness (QED) is 0.706. The second-order valence-electron chi connectivity index (χ2n) is 6.15. The van der Waals surface area contributed by atoms with Gasteiger partial charge in [-0.15, -0.1) is 0 Å². The van der Waals surface area contributed by atoms with Crippen molar-refractivity contribution in [2.75, 3.05) is 13.1 Å². The first kappa shape index (κ1) is 18.8. The summed E-state index contributed by atoms with van der Waals surface area (Å²) in [6.45, 7) is 0.264. The molecule has 3 rings (SSSR count). The van der Waals surface area contributed by atoms with Crippen molar-refractivity contribution in [1.29, 1.82) is 0 Å². The van der Waals surface area contributed by atoms with E-state index >= 15 is 0 Å². The van der Waals surface area contributed by atoms with Crippen molar-refractivity contribution in [3.8, 4) is 0 Å². The first-order chi connectivity index (χ1) is 12.4. The molecule has 2 aromatic rings. The molecule has 2 unspecified atom stereocenters. The smallest absolute Gasteiger partial charge is 0.240 e. The van der Waals surface area contributed by atoms with E-state index in [0.717, 1.165) is 5.56 Å². The zero-order valence-corrected chi connectivity index (χ0v) is 15.4. The van der Waals surface area contributed by atoms with Crippen LogP contribution in [0.2, 0.25) is 5.02 Å². The second kappa shape index (κ2) is 7.73. The van der Waals surface area contributed by atoms with Crippen LogP contribution in [0, 0.1) is 11.7 Å². The fourth-order valence-electron chi connectivity index (χ4n) is 2.78. The molecule has 138 valence electrons. The summed E-state index contributed by atoms with van der Waals surface area (Å²) in [6, 6.07) is 12.1. The van der Waals surface area contributed by atoms with Gasteiger partial charge in [0.25, 0.3) is 0 Å². The topological polar surface area (TPSA) is 75.3 Å². The summed E-state index contributed by atoms with van der Waals surface area (Å²) >= 11 is 5.80. The van der Waals surface area contributed by atoms with Crippen LogP contribution in [-0.2, 0) is 14.8 Å². The van der Waals surface area contributed by atoms with Crippen LogP contribution in [0.4, 0.5) is 4.39 Å². The Balaban J connectivity index is 1.44. The van der Waals surface area contributed by atoms with Crippen LogP contribution < -0.4 is 10.0 Å². The highest BCUT2D eigenvalue weighted by molar-refractivity contribution is 7.89. The minimum absolute atomic E-state index is 0.0779. The number of halogens is 2. The lowest BCUT2D eigenvalue weighted by Gasteiger charge is -2.08. The van der Waals surface area contributed by atoms with Crippen molar-refractivity contribution in [1.82, 2.24) is 10.0 Å². The lowest BCUT2D eigenvalue weighted by molar-refractivity contribution is -0.122. The van der Waals surface area contributed by atoms with Gasteiger partial charge in [-0.25, -0.2) is 17.5 Å². The average Bonchev–Trinajstić information content (AvgIpc) is 3.40. The zero-order chi connectivity index (χ0) is 18.7. The number of sulfonamides is 1. The van der Waals surface area contributed by atoms with Crippen LogP contribution in [0.5, 0.6) is 0 Å². The molecular formula is C18H18ClFN2O3S. The van der Waals surface area contributed by atoms with Crippen LogP contribution >= 0.6 is 11.6 Å². The largest absolute Gasteiger partial charge is 0.355 e. The predicted octanol–water partition coefficient (Wildman–Crippen LogP) is 2.68. The van der Waals surface area contributed by atoms with E-state index in [1.54, 1.807) is 24.3 Å². The monoisotopic (exact) mass is 396 g/mol. The van der Waals surface area contributed by atoms with Crippen molar-refractivity contribution in [3.05, 3.63) is 64.9 Å². The molecule has 2 atom stereocenters. The van der Waals surface area contributed by atoms with Crippen LogP contribution in [0.1, 0.15) is 17.9 Å². The van der Waals surface area contributed by atoms with Gasteiger partial charge >= 0.3 is 0 Å². The number of hydrogen-bond acceptors (Lipinski definition) is 3. The molecule has 0 bridgehead atoms. The van der Waals surface area contributed by atoms with Gasteiger partial charge in [-0.1, -0.05) is 29.8 Å². The molecule has 0 saturated heterocycles. The van der Waals surface area contributed by atoms with E-state index < -0.39 is 10.0 Å². The maximum atomic E-state index is 12.9. The standard InChI is InChI=1S/C18H18ClFN2O3S/c19-13-2-1-3-15(10-13)26(24,25)22-9-8-21-18(23)17-11-16(17)12-4-6-14(20)7-5-12/h1-7,10,16-17,22H,8-9,11H2,(H,21,23). The van der Waals surface area contributed by atoms with Gasteiger partial charge in [-0.3, -0.25) is 4.79 Å². The number of amides is 1. The summed E-state index contributed by atoms with van der Waals surface area (Å²) < 4.78 is 39.6. The van der Waals surface area contributed by atoms with Gasteiger partial charge < -0.3 is 5.32 Å². The van der Waals surface area contributed by atoms with E-state index in [1.807, 2.05) is 0 Å². The number of rotatable bonds is 7. The molecule has 5 nitrogen and oxygen atoms in total. The van der Waals surface area contributed by atoms with E-state index in [2.05, 4.69) is 10.0 Å². The minimum atomic E-state index is -3.66. The Morgan fingerprint density at radius 1 is 1.15 bits per heavy atom. The highest BCUT2D eigenvalue weighted by Crippen LogP contribution is 2.47. The Hall–Kier alpha value is -1.96. The van der Waals surface area contributed by atoms with E-state index in [4.69, 9.17) is 11.6 Å². The third-order valence-corrected chi connectivity index (χ3v) is 5.94. The molecular weight excluding hydrogens is 379 g/mol. The Labute approximate surface area is 156 Å². The molecule has 1 fully saturated rings. The van der Waals surface area contributed by atoms with Crippen LogP contribution in [0.25, 0.3) is 0 Å². The molecule has 2 N–H and O–H groups in total. The molecule has 1 aliphatic carbocycles. The number of nitrogens with one attached hydrogen (secondary N) is 2. The maximum absolute atomic E-state index is 12.9. The third-order valence-electron chi connectivity index (χ3n) is 4.25. The zero-order valence-electron chi connectivity index (χ0n) is 13.8. The summed E-state index contributed by atoms with van der Waals surface area (Å²) in [6.07, 6.45) is 0.714. The van der Waals surface area contributed by atoms with E-state index in [9.17, 15) is 17.6 Å². The number of carbonyl (C=O) groups excluding carboxylic acids is 1. The number of hydrogen-bond donors (Lipinski definition) is 2. The van der Waals surface area contributed by atoms with Crippen LogP contribution in [0.15, 0.2) is 53.4 Å². The van der Waals surface area contributed by atoms with Crippen molar-refractivity contribution in [2.45, 2.75) is 17.2 Å². The third kappa shape index (κ3) is 4.60. The summed E-state index contributed by atoms with van der Waals surface area (Å²) in [5, 5.41) is 3.06. The van der Waals surface area contributed by atoms with Crippen molar-refractivity contribution < 1.29 is 17.6 Å².